The fourth-order valence-corrected chi connectivity index (χ4v) is 3.83. The van der Waals surface area contributed by atoms with Gasteiger partial charge in [-0.3, -0.25) is 4.79 Å². The van der Waals surface area contributed by atoms with Crippen molar-refractivity contribution >= 4 is 11.7 Å². The maximum Gasteiger partial charge on any atom is 0.272 e. The van der Waals surface area contributed by atoms with Crippen LogP contribution in [-0.2, 0) is 0 Å². The standard InChI is InChI=1S/C22H28N4O2/c1-17-6-2-3-8-20(17)28-18-10-14-26(16-18)22(27)19-7-4-9-21(24-19)25-13-5-11-23-12-15-25/h2-4,6-9,18,23H,5,10-16H2,1H3. The van der Waals surface area contributed by atoms with E-state index in [9.17, 15) is 4.79 Å². The van der Waals surface area contributed by atoms with E-state index in [2.05, 4.69) is 15.2 Å². The number of carbonyl (C=O) groups is 1. The van der Waals surface area contributed by atoms with E-state index in [4.69, 9.17) is 4.74 Å². The van der Waals surface area contributed by atoms with Gasteiger partial charge < -0.3 is 19.9 Å². The number of ether oxygens (including phenoxy) is 1. The highest BCUT2D eigenvalue weighted by atomic mass is 16.5. The van der Waals surface area contributed by atoms with Crippen LogP contribution in [0.25, 0.3) is 0 Å². The molecule has 1 atom stereocenters. The minimum atomic E-state index is -0.00863. The average molecular weight is 380 g/mol. The molecule has 1 unspecified atom stereocenters. The lowest BCUT2D eigenvalue weighted by Gasteiger charge is -2.22. The third kappa shape index (κ3) is 4.28. The summed E-state index contributed by atoms with van der Waals surface area (Å²) in [5.41, 5.74) is 1.64. The molecule has 1 aromatic carbocycles. The predicted octanol–water partition coefficient (Wildman–Crippen LogP) is 2.48. The second kappa shape index (κ2) is 8.61. The second-order valence-corrected chi connectivity index (χ2v) is 7.52. The molecule has 2 saturated heterocycles. The molecule has 0 saturated carbocycles. The molecule has 1 aromatic heterocycles. The smallest absolute Gasteiger partial charge is 0.272 e. The molecule has 1 N–H and O–H groups in total. The Morgan fingerprint density at radius 1 is 1.11 bits per heavy atom. The van der Waals surface area contributed by atoms with E-state index < -0.39 is 0 Å². The molecule has 0 aliphatic carbocycles. The first-order valence-corrected chi connectivity index (χ1v) is 10.1. The van der Waals surface area contributed by atoms with Gasteiger partial charge in [0.05, 0.1) is 6.54 Å². The summed E-state index contributed by atoms with van der Waals surface area (Å²) >= 11 is 0. The van der Waals surface area contributed by atoms with Crippen LogP contribution in [0.3, 0.4) is 0 Å². The van der Waals surface area contributed by atoms with Gasteiger partial charge in [-0.1, -0.05) is 24.3 Å². The van der Waals surface area contributed by atoms with E-state index in [1.54, 1.807) is 0 Å². The van der Waals surface area contributed by atoms with Crippen LogP contribution >= 0.6 is 0 Å². The summed E-state index contributed by atoms with van der Waals surface area (Å²) in [6.07, 6.45) is 1.96. The number of amides is 1. The van der Waals surface area contributed by atoms with E-state index in [-0.39, 0.29) is 12.0 Å². The zero-order valence-corrected chi connectivity index (χ0v) is 16.4. The molecule has 6 heteroatoms. The number of nitrogens with zero attached hydrogens (tertiary/aromatic N) is 3. The zero-order chi connectivity index (χ0) is 19.3. The Hall–Kier alpha value is -2.60. The maximum atomic E-state index is 13.0. The van der Waals surface area contributed by atoms with Crippen molar-refractivity contribution in [3.05, 3.63) is 53.7 Å². The second-order valence-electron chi connectivity index (χ2n) is 7.52. The Bertz CT molecular complexity index is 818. The Balaban J connectivity index is 1.41. The van der Waals surface area contributed by atoms with E-state index >= 15 is 0 Å². The number of anilines is 1. The van der Waals surface area contributed by atoms with Crippen molar-refractivity contribution in [2.75, 3.05) is 44.2 Å². The number of likely N-dealkylation sites (tertiary alicyclic amines) is 1. The number of aromatic nitrogens is 1. The average Bonchev–Trinajstić information content (AvgIpc) is 3.01. The summed E-state index contributed by atoms with van der Waals surface area (Å²) < 4.78 is 6.13. The molecule has 4 rings (SSSR count). The lowest BCUT2D eigenvalue weighted by atomic mass is 10.2. The van der Waals surface area contributed by atoms with E-state index in [1.807, 2.05) is 54.3 Å². The minimum Gasteiger partial charge on any atom is -0.488 e. The van der Waals surface area contributed by atoms with Crippen molar-refractivity contribution in [2.24, 2.45) is 0 Å². The van der Waals surface area contributed by atoms with Gasteiger partial charge in [-0.05, 0) is 43.7 Å². The normalized spacial score (nSPS) is 20.1. The Kier molecular flexibility index (Phi) is 5.76. The van der Waals surface area contributed by atoms with Gasteiger partial charge in [-0.25, -0.2) is 4.98 Å². The Morgan fingerprint density at radius 2 is 2.00 bits per heavy atom. The van der Waals surface area contributed by atoms with Crippen LogP contribution in [0.1, 0.15) is 28.9 Å². The summed E-state index contributed by atoms with van der Waals surface area (Å²) in [7, 11) is 0. The number of pyridine rings is 1. The molecule has 0 radical (unpaired) electrons. The fraction of sp³-hybridized carbons (Fsp3) is 0.455. The van der Waals surface area contributed by atoms with Crippen molar-refractivity contribution in [3.63, 3.8) is 0 Å². The number of nitrogens with one attached hydrogen (secondary N) is 1. The van der Waals surface area contributed by atoms with Crippen molar-refractivity contribution < 1.29 is 9.53 Å². The van der Waals surface area contributed by atoms with Crippen LogP contribution in [0.15, 0.2) is 42.5 Å². The van der Waals surface area contributed by atoms with Crippen LogP contribution in [0.5, 0.6) is 5.75 Å². The number of hydrogen-bond acceptors (Lipinski definition) is 5. The Labute approximate surface area is 166 Å². The number of carbonyl (C=O) groups excluding carboxylic acids is 1. The molecule has 3 heterocycles. The number of aryl methyl sites for hydroxylation is 1. The molecule has 2 aliphatic rings. The van der Waals surface area contributed by atoms with E-state index in [0.29, 0.717) is 18.8 Å². The molecule has 148 valence electrons. The molecule has 2 aliphatic heterocycles. The van der Waals surface area contributed by atoms with E-state index in [1.165, 1.54) is 0 Å². The molecule has 0 spiro atoms. The first-order chi connectivity index (χ1) is 13.7. The molecule has 0 bridgehead atoms. The van der Waals surface area contributed by atoms with Gasteiger partial charge in [0.1, 0.15) is 23.4 Å². The van der Waals surface area contributed by atoms with Gasteiger partial charge in [-0.2, -0.15) is 0 Å². The van der Waals surface area contributed by atoms with Gasteiger partial charge in [0.2, 0.25) is 0 Å². The predicted molar refractivity (Wildman–Crippen MR) is 110 cm³/mol. The van der Waals surface area contributed by atoms with E-state index in [0.717, 1.165) is 56.2 Å². The zero-order valence-electron chi connectivity index (χ0n) is 16.4. The molecule has 1 amide bonds. The first kappa shape index (κ1) is 18.7. The SMILES string of the molecule is Cc1ccccc1OC1CCN(C(=O)c2cccc(N3CCCNCC3)n2)C1. The first-order valence-electron chi connectivity index (χ1n) is 10.1. The number of para-hydroxylation sites is 1. The molecule has 2 fully saturated rings. The topological polar surface area (TPSA) is 57.7 Å². The third-order valence-corrected chi connectivity index (χ3v) is 5.44. The Morgan fingerprint density at radius 3 is 2.89 bits per heavy atom. The summed E-state index contributed by atoms with van der Waals surface area (Å²) in [5, 5.41) is 3.40. The molecular formula is C22H28N4O2. The fourth-order valence-electron chi connectivity index (χ4n) is 3.83. The molecular weight excluding hydrogens is 352 g/mol. The number of benzene rings is 1. The van der Waals surface area contributed by atoms with Crippen LogP contribution in [0, 0.1) is 6.92 Å². The van der Waals surface area contributed by atoms with Gasteiger partial charge in [-0.15, -0.1) is 0 Å². The highest BCUT2D eigenvalue weighted by Crippen LogP contribution is 2.23. The highest BCUT2D eigenvalue weighted by Gasteiger charge is 2.29. The number of hydrogen-bond donors (Lipinski definition) is 1. The van der Waals surface area contributed by atoms with Crippen LogP contribution in [0.2, 0.25) is 0 Å². The van der Waals surface area contributed by atoms with Crippen molar-refractivity contribution in [3.8, 4) is 5.75 Å². The summed E-state index contributed by atoms with van der Waals surface area (Å²) in [6.45, 7) is 7.21. The molecule has 28 heavy (non-hydrogen) atoms. The lowest BCUT2D eigenvalue weighted by molar-refractivity contribution is 0.0766. The highest BCUT2D eigenvalue weighted by molar-refractivity contribution is 5.93. The lowest BCUT2D eigenvalue weighted by Crippen LogP contribution is -2.33. The van der Waals surface area contributed by atoms with Crippen LogP contribution < -0.4 is 15.0 Å². The monoisotopic (exact) mass is 380 g/mol. The quantitative estimate of drug-likeness (QED) is 0.883. The summed E-state index contributed by atoms with van der Waals surface area (Å²) in [6, 6.07) is 13.8. The summed E-state index contributed by atoms with van der Waals surface area (Å²) in [4.78, 5) is 21.8. The maximum absolute atomic E-state index is 13.0. The molecule has 2 aromatic rings. The van der Waals surface area contributed by atoms with Crippen molar-refractivity contribution in [2.45, 2.75) is 25.9 Å². The van der Waals surface area contributed by atoms with Gasteiger partial charge in [0, 0.05) is 32.6 Å². The molecule has 6 nitrogen and oxygen atoms in total. The summed E-state index contributed by atoms with van der Waals surface area (Å²) in [5.74, 6) is 1.78. The van der Waals surface area contributed by atoms with Gasteiger partial charge >= 0.3 is 0 Å². The van der Waals surface area contributed by atoms with Crippen molar-refractivity contribution in [1.29, 1.82) is 0 Å². The largest absolute Gasteiger partial charge is 0.488 e. The van der Waals surface area contributed by atoms with Crippen LogP contribution in [0.4, 0.5) is 5.82 Å². The number of rotatable bonds is 4. The van der Waals surface area contributed by atoms with Crippen LogP contribution in [-0.4, -0.2) is 61.2 Å². The van der Waals surface area contributed by atoms with Gasteiger partial charge in [0.15, 0.2) is 0 Å². The van der Waals surface area contributed by atoms with Gasteiger partial charge in [0.25, 0.3) is 5.91 Å². The minimum absolute atomic E-state index is 0.00863. The third-order valence-electron chi connectivity index (χ3n) is 5.44. The van der Waals surface area contributed by atoms with Crippen molar-refractivity contribution in [1.82, 2.24) is 15.2 Å².